The summed E-state index contributed by atoms with van der Waals surface area (Å²) < 4.78 is 0. The Balaban J connectivity index is 1.79. The number of carbonyl (C=O) groups excluding carboxylic acids is 1. The summed E-state index contributed by atoms with van der Waals surface area (Å²) in [7, 11) is 2.01. The van der Waals surface area contributed by atoms with E-state index in [0.29, 0.717) is 11.9 Å². The summed E-state index contributed by atoms with van der Waals surface area (Å²) in [4.78, 5) is 14.6. The van der Waals surface area contributed by atoms with E-state index in [9.17, 15) is 4.79 Å². The van der Waals surface area contributed by atoms with E-state index >= 15 is 0 Å². The molecule has 1 atom stereocenters. The molecule has 3 heteroatoms. The van der Waals surface area contributed by atoms with Gasteiger partial charge in [0.05, 0.1) is 0 Å². The van der Waals surface area contributed by atoms with Crippen molar-refractivity contribution in [3.8, 4) is 0 Å². The molecule has 1 saturated carbocycles. The second kappa shape index (κ2) is 7.28. The van der Waals surface area contributed by atoms with Crippen LogP contribution in [-0.2, 0) is 4.79 Å². The molecular formula is C16H30N2O. The van der Waals surface area contributed by atoms with E-state index in [1.807, 2.05) is 11.9 Å². The van der Waals surface area contributed by atoms with Gasteiger partial charge >= 0.3 is 0 Å². The number of hydrogen-bond acceptors (Lipinski definition) is 2. The van der Waals surface area contributed by atoms with Gasteiger partial charge in [0.15, 0.2) is 0 Å². The third kappa shape index (κ3) is 4.20. The molecule has 1 heterocycles. The van der Waals surface area contributed by atoms with Gasteiger partial charge in [0, 0.05) is 19.0 Å². The Kier molecular flexibility index (Phi) is 5.68. The molecule has 1 aliphatic heterocycles. The Morgan fingerprint density at radius 2 is 1.79 bits per heavy atom. The number of amides is 1. The smallest absolute Gasteiger partial charge is 0.225 e. The van der Waals surface area contributed by atoms with Crippen molar-refractivity contribution < 1.29 is 4.79 Å². The van der Waals surface area contributed by atoms with E-state index < -0.39 is 0 Å². The molecule has 0 bridgehead atoms. The molecule has 1 unspecified atom stereocenters. The first kappa shape index (κ1) is 14.8. The lowest BCUT2D eigenvalue weighted by molar-refractivity contribution is -0.136. The third-order valence-electron chi connectivity index (χ3n) is 5.04. The summed E-state index contributed by atoms with van der Waals surface area (Å²) in [5, 5.41) is 3.37. The van der Waals surface area contributed by atoms with Gasteiger partial charge in [-0.25, -0.2) is 0 Å². The highest BCUT2D eigenvalue weighted by molar-refractivity contribution is 5.78. The predicted octanol–water partition coefficient (Wildman–Crippen LogP) is 2.80. The summed E-state index contributed by atoms with van der Waals surface area (Å²) in [6, 6.07) is 0.461. The van der Waals surface area contributed by atoms with E-state index in [-0.39, 0.29) is 5.92 Å². The van der Waals surface area contributed by atoms with E-state index in [4.69, 9.17) is 0 Å². The van der Waals surface area contributed by atoms with Gasteiger partial charge in [-0.2, -0.15) is 0 Å². The van der Waals surface area contributed by atoms with Gasteiger partial charge in [-0.15, -0.1) is 0 Å². The molecule has 0 aromatic heterocycles. The van der Waals surface area contributed by atoms with Crippen molar-refractivity contribution in [3.05, 3.63) is 0 Å². The third-order valence-corrected chi connectivity index (χ3v) is 5.04. The normalized spacial score (nSPS) is 24.1. The lowest BCUT2D eigenvalue weighted by Crippen LogP contribution is -2.45. The quantitative estimate of drug-likeness (QED) is 0.848. The maximum atomic E-state index is 12.5. The second-order valence-corrected chi connectivity index (χ2v) is 6.57. The fourth-order valence-electron chi connectivity index (χ4n) is 3.75. The number of nitrogens with zero attached hydrogens (tertiary/aromatic N) is 1. The molecule has 0 spiro atoms. The Hall–Kier alpha value is -0.570. The van der Waals surface area contributed by atoms with Crippen molar-refractivity contribution in [2.45, 2.75) is 64.3 Å². The zero-order valence-corrected chi connectivity index (χ0v) is 12.7. The Morgan fingerprint density at radius 1 is 1.16 bits per heavy atom. The topological polar surface area (TPSA) is 32.3 Å². The lowest BCUT2D eigenvalue weighted by atomic mass is 9.83. The van der Waals surface area contributed by atoms with E-state index in [1.54, 1.807) is 0 Å². The van der Waals surface area contributed by atoms with Crippen LogP contribution in [0.2, 0.25) is 0 Å². The highest BCUT2D eigenvalue weighted by atomic mass is 16.2. The van der Waals surface area contributed by atoms with Crippen LogP contribution in [-0.4, -0.2) is 37.0 Å². The van der Waals surface area contributed by atoms with E-state index in [2.05, 4.69) is 12.2 Å². The summed E-state index contributed by atoms with van der Waals surface area (Å²) in [5.41, 5.74) is 0. The van der Waals surface area contributed by atoms with Crippen LogP contribution in [0.15, 0.2) is 0 Å². The van der Waals surface area contributed by atoms with Gasteiger partial charge < -0.3 is 10.2 Å². The van der Waals surface area contributed by atoms with Crippen molar-refractivity contribution in [1.29, 1.82) is 0 Å². The van der Waals surface area contributed by atoms with Gasteiger partial charge in [-0.05, 0) is 38.3 Å². The average molecular weight is 266 g/mol. The molecule has 1 amide bonds. The average Bonchev–Trinajstić information content (AvgIpc) is 2.47. The number of carbonyl (C=O) groups is 1. The molecule has 3 nitrogen and oxygen atoms in total. The molecule has 0 aromatic rings. The summed E-state index contributed by atoms with van der Waals surface area (Å²) in [6.45, 7) is 4.24. The maximum absolute atomic E-state index is 12.5. The van der Waals surface area contributed by atoms with Crippen LogP contribution in [0.3, 0.4) is 0 Å². The van der Waals surface area contributed by atoms with Crippen LogP contribution >= 0.6 is 0 Å². The number of hydrogen-bond donors (Lipinski definition) is 1. The van der Waals surface area contributed by atoms with Crippen LogP contribution in [0, 0.1) is 11.8 Å². The monoisotopic (exact) mass is 266 g/mol. The predicted molar refractivity (Wildman–Crippen MR) is 79.0 cm³/mol. The fraction of sp³-hybridized carbons (Fsp3) is 0.938. The number of rotatable bonds is 4. The number of piperidine rings is 1. The van der Waals surface area contributed by atoms with Crippen LogP contribution in [0.1, 0.15) is 58.3 Å². The van der Waals surface area contributed by atoms with Gasteiger partial charge in [-0.1, -0.05) is 39.0 Å². The van der Waals surface area contributed by atoms with E-state index in [1.165, 1.54) is 32.1 Å². The van der Waals surface area contributed by atoms with Crippen LogP contribution in [0.25, 0.3) is 0 Å². The van der Waals surface area contributed by atoms with Crippen LogP contribution < -0.4 is 5.32 Å². The second-order valence-electron chi connectivity index (χ2n) is 6.57. The maximum Gasteiger partial charge on any atom is 0.225 e. The van der Waals surface area contributed by atoms with Gasteiger partial charge in [0.2, 0.25) is 5.91 Å². The standard InChI is InChI=1S/C16H30N2O/c1-13(12-14-6-4-3-5-7-14)16(19)18(2)15-8-10-17-11-9-15/h13-15,17H,3-12H2,1-2H3. The molecule has 19 heavy (non-hydrogen) atoms. The summed E-state index contributed by atoms with van der Waals surface area (Å²) >= 11 is 0. The minimum Gasteiger partial charge on any atom is -0.342 e. The molecule has 110 valence electrons. The van der Waals surface area contributed by atoms with Crippen molar-refractivity contribution in [3.63, 3.8) is 0 Å². The Morgan fingerprint density at radius 3 is 2.42 bits per heavy atom. The molecule has 0 radical (unpaired) electrons. The lowest BCUT2D eigenvalue weighted by Gasteiger charge is -2.34. The molecule has 2 aliphatic rings. The first-order chi connectivity index (χ1) is 9.18. The molecule has 2 rings (SSSR count). The molecule has 1 saturated heterocycles. The SMILES string of the molecule is CC(CC1CCCCC1)C(=O)N(C)C1CCNCC1. The highest BCUT2D eigenvalue weighted by Gasteiger charge is 2.27. The largest absolute Gasteiger partial charge is 0.342 e. The van der Waals surface area contributed by atoms with Crippen LogP contribution in [0.4, 0.5) is 0 Å². The molecule has 0 aromatic carbocycles. The Bertz CT molecular complexity index is 280. The van der Waals surface area contributed by atoms with Gasteiger partial charge in [-0.3, -0.25) is 4.79 Å². The molecular weight excluding hydrogens is 236 g/mol. The molecule has 1 N–H and O–H groups in total. The van der Waals surface area contributed by atoms with Crippen molar-refractivity contribution in [2.75, 3.05) is 20.1 Å². The number of nitrogens with one attached hydrogen (secondary N) is 1. The van der Waals surface area contributed by atoms with Crippen molar-refractivity contribution in [1.82, 2.24) is 10.2 Å². The minimum absolute atomic E-state index is 0.211. The Labute approximate surface area is 118 Å². The summed E-state index contributed by atoms with van der Waals surface area (Å²) in [6.07, 6.45) is 10.1. The first-order valence-corrected chi connectivity index (χ1v) is 8.16. The minimum atomic E-state index is 0.211. The zero-order chi connectivity index (χ0) is 13.7. The zero-order valence-electron chi connectivity index (χ0n) is 12.7. The summed E-state index contributed by atoms with van der Waals surface area (Å²) in [5.74, 6) is 1.38. The van der Waals surface area contributed by atoms with Gasteiger partial charge in [0.1, 0.15) is 0 Å². The van der Waals surface area contributed by atoms with Gasteiger partial charge in [0.25, 0.3) is 0 Å². The highest BCUT2D eigenvalue weighted by Crippen LogP contribution is 2.29. The van der Waals surface area contributed by atoms with Crippen molar-refractivity contribution in [2.24, 2.45) is 11.8 Å². The van der Waals surface area contributed by atoms with Crippen molar-refractivity contribution >= 4 is 5.91 Å². The molecule has 2 fully saturated rings. The van der Waals surface area contributed by atoms with E-state index in [0.717, 1.165) is 38.3 Å². The fourth-order valence-corrected chi connectivity index (χ4v) is 3.75. The first-order valence-electron chi connectivity index (χ1n) is 8.16. The van der Waals surface area contributed by atoms with Crippen LogP contribution in [0.5, 0.6) is 0 Å². The molecule has 1 aliphatic carbocycles.